The van der Waals surface area contributed by atoms with Gasteiger partial charge in [0.1, 0.15) is 28.4 Å². The molecule has 39 heavy (non-hydrogen) atoms. The quantitative estimate of drug-likeness (QED) is 0.314. The molecule has 13 heteroatoms. The van der Waals surface area contributed by atoms with E-state index in [4.69, 9.17) is 16.3 Å². The van der Waals surface area contributed by atoms with Crippen molar-refractivity contribution in [2.45, 2.75) is 50.4 Å². The maximum absolute atomic E-state index is 15.0. The molecule has 3 heterocycles. The lowest BCUT2D eigenvalue weighted by Crippen LogP contribution is -2.49. The van der Waals surface area contributed by atoms with Crippen LogP contribution in [0.3, 0.4) is 0 Å². The smallest absolute Gasteiger partial charge is 0.264 e. The van der Waals surface area contributed by atoms with Crippen LogP contribution in [0.1, 0.15) is 26.0 Å². The average Bonchev–Trinajstić information content (AvgIpc) is 3.27. The first-order valence-corrected chi connectivity index (χ1v) is 14.2. The number of hydrogen-bond acceptors (Lipinski definition) is 7. The van der Waals surface area contributed by atoms with Gasteiger partial charge in [-0.05, 0) is 63.2 Å². The molecule has 9 nitrogen and oxygen atoms in total. The molecule has 2 aromatic heterocycles. The monoisotopic (exact) mass is 576 g/mol. The van der Waals surface area contributed by atoms with Gasteiger partial charge in [0.05, 0.1) is 0 Å². The molecular weight excluding hydrogens is 550 g/mol. The summed E-state index contributed by atoms with van der Waals surface area (Å²) in [6, 6.07) is 9.75. The van der Waals surface area contributed by atoms with Gasteiger partial charge in [-0.1, -0.05) is 11.6 Å². The minimum absolute atomic E-state index is 0.0934. The van der Waals surface area contributed by atoms with Crippen molar-refractivity contribution in [2.75, 3.05) is 17.8 Å². The van der Waals surface area contributed by atoms with E-state index in [1.807, 2.05) is 20.8 Å². The van der Waals surface area contributed by atoms with Crippen molar-refractivity contribution in [3.05, 3.63) is 59.0 Å². The summed E-state index contributed by atoms with van der Waals surface area (Å²) in [4.78, 5) is 10.6. The lowest BCUT2D eigenvalue weighted by molar-refractivity contribution is 0.00968. The van der Waals surface area contributed by atoms with E-state index in [9.17, 15) is 12.8 Å². The van der Waals surface area contributed by atoms with E-state index in [0.29, 0.717) is 35.3 Å². The van der Waals surface area contributed by atoms with E-state index in [2.05, 4.69) is 29.8 Å². The second-order valence-electron chi connectivity index (χ2n) is 9.71. The molecule has 0 saturated carbocycles. The van der Waals surface area contributed by atoms with E-state index in [0.717, 1.165) is 12.1 Å². The predicted molar refractivity (Wildman–Crippen MR) is 145 cm³/mol. The molecule has 1 saturated heterocycles. The third-order valence-electron chi connectivity index (χ3n) is 6.65. The summed E-state index contributed by atoms with van der Waals surface area (Å²) in [5.74, 6) is -0.417. The van der Waals surface area contributed by atoms with Crippen LogP contribution in [0.15, 0.2) is 47.4 Å². The SMILES string of the molecule is Cc1[nH]nc2nc(-c3ccc(NS(=O)(=O)c4cc(Cl)ccc4F)cc3)nc(O[C@@H]3CCN(C(C)C)C[C@@H]3F)c12. The highest BCUT2D eigenvalue weighted by molar-refractivity contribution is 7.92. The molecule has 0 amide bonds. The zero-order valence-corrected chi connectivity index (χ0v) is 23.0. The van der Waals surface area contributed by atoms with E-state index in [1.54, 1.807) is 12.1 Å². The molecule has 5 rings (SSSR count). The number of benzene rings is 2. The van der Waals surface area contributed by atoms with Gasteiger partial charge in [-0.25, -0.2) is 22.2 Å². The Morgan fingerprint density at radius 2 is 1.92 bits per heavy atom. The fourth-order valence-corrected chi connectivity index (χ4v) is 5.88. The van der Waals surface area contributed by atoms with Gasteiger partial charge in [-0.2, -0.15) is 10.1 Å². The van der Waals surface area contributed by atoms with Gasteiger partial charge in [-0.15, -0.1) is 0 Å². The number of nitrogens with zero attached hydrogens (tertiary/aromatic N) is 4. The first-order chi connectivity index (χ1) is 18.5. The normalized spacial score (nSPS) is 18.5. The fraction of sp³-hybridized carbons (Fsp3) is 0.346. The molecule has 1 aliphatic rings. The number of aromatic nitrogens is 4. The Morgan fingerprint density at radius 1 is 1.18 bits per heavy atom. The highest BCUT2D eigenvalue weighted by Crippen LogP contribution is 2.31. The van der Waals surface area contributed by atoms with E-state index in [1.165, 1.54) is 18.2 Å². The average molecular weight is 577 g/mol. The number of H-pyrrole nitrogens is 1. The summed E-state index contributed by atoms with van der Waals surface area (Å²) >= 11 is 5.85. The third-order valence-corrected chi connectivity index (χ3v) is 8.28. The molecule has 0 spiro atoms. The van der Waals surface area contributed by atoms with Gasteiger partial charge < -0.3 is 4.74 Å². The number of nitrogens with one attached hydrogen (secondary N) is 2. The van der Waals surface area contributed by atoms with Crippen LogP contribution in [0, 0.1) is 12.7 Å². The molecule has 0 aliphatic carbocycles. The van der Waals surface area contributed by atoms with Gasteiger partial charge in [0.25, 0.3) is 10.0 Å². The maximum Gasteiger partial charge on any atom is 0.264 e. The van der Waals surface area contributed by atoms with Crippen molar-refractivity contribution in [3.63, 3.8) is 0 Å². The number of aryl methyl sites for hydroxylation is 1. The molecule has 2 aromatic carbocycles. The number of likely N-dealkylation sites (tertiary alicyclic amines) is 1. The number of hydrogen-bond donors (Lipinski definition) is 2. The van der Waals surface area contributed by atoms with E-state index >= 15 is 4.39 Å². The fourth-order valence-electron chi connectivity index (χ4n) is 4.48. The standard InChI is InChI=1S/C26H27ClF2N6O3S/c1-14(2)35-11-10-21(20(29)13-35)38-26-23-15(3)32-33-25(23)30-24(31-26)16-4-7-18(8-5-16)34-39(36,37)22-12-17(27)6-9-19(22)28/h4-9,12,14,20-21,34H,10-11,13H2,1-3H3,(H,30,31,32,33)/t20-,21+/m0/s1. The Bertz CT molecular complexity index is 1610. The van der Waals surface area contributed by atoms with Crippen LogP contribution >= 0.6 is 11.6 Å². The van der Waals surface area contributed by atoms with Gasteiger partial charge >= 0.3 is 0 Å². The van der Waals surface area contributed by atoms with Crippen molar-refractivity contribution in [3.8, 4) is 17.3 Å². The highest BCUT2D eigenvalue weighted by Gasteiger charge is 2.33. The first-order valence-electron chi connectivity index (χ1n) is 12.4. The number of fused-ring (bicyclic) bond motifs is 1. The van der Waals surface area contributed by atoms with E-state index < -0.39 is 33.0 Å². The van der Waals surface area contributed by atoms with Gasteiger partial charge in [0, 0.05) is 47.5 Å². The number of piperidine rings is 1. The Morgan fingerprint density at radius 3 is 2.62 bits per heavy atom. The van der Waals surface area contributed by atoms with Crippen LogP contribution in [-0.4, -0.2) is 64.9 Å². The number of aromatic amines is 1. The summed E-state index contributed by atoms with van der Waals surface area (Å²) in [5.41, 5.74) is 1.80. The Labute approximate surface area is 229 Å². The number of anilines is 1. The maximum atomic E-state index is 15.0. The summed E-state index contributed by atoms with van der Waals surface area (Å²) in [6.07, 6.45) is -1.33. The lowest BCUT2D eigenvalue weighted by Gasteiger charge is -2.36. The third kappa shape index (κ3) is 5.68. The molecule has 2 N–H and O–H groups in total. The summed E-state index contributed by atoms with van der Waals surface area (Å²) in [7, 11) is -4.22. The number of rotatable bonds is 7. The first kappa shape index (κ1) is 27.2. The summed E-state index contributed by atoms with van der Waals surface area (Å²) in [6.45, 7) is 6.88. The van der Waals surface area contributed by atoms with Crippen molar-refractivity contribution >= 4 is 38.3 Å². The molecule has 0 radical (unpaired) electrons. The topological polar surface area (TPSA) is 113 Å². The molecular formula is C26H27ClF2N6O3S. The Balaban J connectivity index is 1.41. The molecule has 0 bridgehead atoms. The van der Waals surface area contributed by atoms with Crippen LogP contribution in [0.2, 0.25) is 5.02 Å². The summed E-state index contributed by atoms with van der Waals surface area (Å²) in [5, 5.41) is 7.77. The predicted octanol–water partition coefficient (Wildman–Crippen LogP) is 5.12. The molecule has 1 aliphatic heterocycles. The van der Waals surface area contributed by atoms with Crippen LogP contribution in [0.5, 0.6) is 5.88 Å². The van der Waals surface area contributed by atoms with Gasteiger partial charge in [0.15, 0.2) is 11.5 Å². The largest absolute Gasteiger partial charge is 0.471 e. The van der Waals surface area contributed by atoms with Crippen LogP contribution in [0.4, 0.5) is 14.5 Å². The highest BCUT2D eigenvalue weighted by atomic mass is 35.5. The summed E-state index contributed by atoms with van der Waals surface area (Å²) < 4.78 is 63.0. The van der Waals surface area contributed by atoms with Crippen molar-refractivity contribution in [1.29, 1.82) is 0 Å². The molecule has 2 atom stereocenters. The second kappa shape index (κ2) is 10.7. The van der Waals surface area contributed by atoms with Crippen LogP contribution in [-0.2, 0) is 10.0 Å². The minimum atomic E-state index is -4.22. The zero-order valence-electron chi connectivity index (χ0n) is 21.5. The Kier molecular flexibility index (Phi) is 7.45. The molecule has 1 fully saturated rings. The van der Waals surface area contributed by atoms with Crippen molar-refractivity contribution < 1.29 is 21.9 Å². The number of alkyl halides is 1. The van der Waals surface area contributed by atoms with Crippen LogP contribution < -0.4 is 9.46 Å². The van der Waals surface area contributed by atoms with Crippen molar-refractivity contribution in [1.82, 2.24) is 25.1 Å². The lowest BCUT2D eigenvalue weighted by atomic mass is 10.0. The van der Waals surface area contributed by atoms with Gasteiger partial charge in [-0.3, -0.25) is 14.7 Å². The number of halogens is 3. The number of sulfonamides is 1. The van der Waals surface area contributed by atoms with E-state index in [-0.39, 0.29) is 35.0 Å². The van der Waals surface area contributed by atoms with Crippen molar-refractivity contribution in [2.24, 2.45) is 0 Å². The molecule has 0 unspecified atom stereocenters. The molecule has 4 aromatic rings. The zero-order chi connectivity index (χ0) is 27.9. The molecule has 206 valence electrons. The number of ether oxygens (including phenoxy) is 1. The van der Waals surface area contributed by atoms with Crippen LogP contribution in [0.25, 0.3) is 22.4 Å². The Hall–Kier alpha value is -3.35. The van der Waals surface area contributed by atoms with Gasteiger partial charge in [0.2, 0.25) is 5.88 Å². The second-order valence-corrected chi connectivity index (χ2v) is 11.8. The minimum Gasteiger partial charge on any atom is -0.471 e.